The molecule has 4 nitrogen and oxygen atoms in total. The topological polar surface area (TPSA) is 74.6 Å². The molecule has 0 aromatic carbocycles. The van der Waals surface area contributed by atoms with Crippen LogP contribution >= 0.6 is 0 Å². The monoisotopic (exact) mass is 216 g/mol. The fourth-order valence-electron chi connectivity index (χ4n) is 0.999. The lowest BCUT2D eigenvalue weighted by atomic mass is 9.89. The van der Waals surface area contributed by atoms with E-state index in [9.17, 15) is 19.8 Å². The summed E-state index contributed by atoms with van der Waals surface area (Å²) in [4.78, 5) is 22.5. The maximum atomic E-state index is 11.5. The van der Waals surface area contributed by atoms with Crippen molar-refractivity contribution in [1.82, 2.24) is 0 Å². The Labute approximate surface area is 90.3 Å². The Morgan fingerprint density at radius 2 is 1.60 bits per heavy atom. The summed E-state index contributed by atoms with van der Waals surface area (Å²) in [5.74, 6) is -0.710. The Morgan fingerprint density at radius 3 is 1.93 bits per heavy atom. The number of rotatable bonds is 6. The number of aliphatic hydroxyl groups is 2. The molecule has 0 saturated heterocycles. The van der Waals surface area contributed by atoms with E-state index in [1.165, 1.54) is 20.8 Å². The van der Waals surface area contributed by atoms with E-state index < -0.39 is 11.2 Å². The average molecular weight is 216 g/mol. The third-order valence-corrected chi connectivity index (χ3v) is 2.89. The quantitative estimate of drug-likeness (QED) is 0.690. The van der Waals surface area contributed by atoms with E-state index in [1.54, 1.807) is 6.92 Å². The van der Waals surface area contributed by atoms with E-state index in [4.69, 9.17) is 0 Å². The Morgan fingerprint density at radius 1 is 1.13 bits per heavy atom. The molecule has 0 aromatic rings. The molecule has 0 amide bonds. The van der Waals surface area contributed by atoms with Crippen LogP contribution in [0.3, 0.4) is 0 Å². The van der Waals surface area contributed by atoms with Gasteiger partial charge in [0.05, 0.1) is 0 Å². The number of carbonyl (C=O) groups is 2. The summed E-state index contributed by atoms with van der Waals surface area (Å²) in [5, 5.41) is 19.2. The molecule has 2 atom stereocenters. The van der Waals surface area contributed by atoms with Gasteiger partial charge in [-0.3, -0.25) is 9.59 Å². The van der Waals surface area contributed by atoms with Gasteiger partial charge in [-0.15, -0.1) is 0 Å². The van der Waals surface area contributed by atoms with Crippen LogP contribution < -0.4 is 0 Å². The molecule has 0 rings (SSSR count). The molecule has 0 saturated carbocycles. The van der Waals surface area contributed by atoms with Crippen molar-refractivity contribution in [3.05, 3.63) is 0 Å². The second-order valence-corrected chi connectivity index (χ2v) is 4.38. The second kappa shape index (κ2) is 4.86. The minimum atomic E-state index is -1.47. The largest absolute Gasteiger partial charge is 0.382 e. The molecular formula is C11H20O4. The summed E-state index contributed by atoms with van der Waals surface area (Å²) in [6.07, 6.45) is 0.388. The van der Waals surface area contributed by atoms with Crippen molar-refractivity contribution in [2.24, 2.45) is 0 Å². The average Bonchev–Trinajstić information content (AvgIpc) is 2.13. The lowest BCUT2D eigenvalue weighted by Gasteiger charge is -2.23. The Kier molecular flexibility index (Phi) is 4.62. The van der Waals surface area contributed by atoms with E-state index in [0.29, 0.717) is 6.42 Å². The van der Waals surface area contributed by atoms with Crippen LogP contribution in [-0.4, -0.2) is 33.0 Å². The molecule has 0 bridgehead atoms. The zero-order chi connectivity index (χ0) is 12.3. The lowest BCUT2D eigenvalue weighted by molar-refractivity contribution is -0.140. The smallest absolute Gasteiger partial charge is 0.164 e. The van der Waals surface area contributed by atoms with Crippen molar-refractivity contribution in [3.63, 3.8) is 0 Å². The molecular weight excluding hydrogens is 196 g/mol. The normalized spacial score (nSPS) is 19.1. The van der Waals surface area contributed by atoms with Gasteiger partial charge in [-0.05, 0) is 33.6 Å². The summed E-state index contributed by atoms with van der Waals surface area (Å²) in [5.41, 5.74) is -2.83. The third kappa shape index (κ3) is 4.10. The van der Waals surface area contributed by atoms with Crippen LogP contribution in [0.1, 0.15) is 47.0 Å². The van der Waals surface area contributed by atoms with Crippen molar-refractivity contribution in [2.75, 3.05) is 0 Å². The minimum absolute atomic E-state index is 0.00736. The number of carbonyl (C=O) groups excluding carboxylic acids is 2. The van der Waals surface area contributed by atoms with Crippen LogP contribution in [-0.2, 0) is 9.59 Å². The van der Waals surface area contributed by atoms with Crippen LogP contribution in [0.5, 0.6) is 0 Å². The fourth-order valence-corrected chi connectivity index (χ4v) is 0.999. The highest BCUT2D eigenvalue weighted by molar-refractivity contribution is 5.88. The molecule has 0 spiro atoms. The van der Waals surface area contributed by atoms with Gasteiger partial charge >= 0.3 is 0 Å². The molecule has 0 aliphatic heterocycles. The van der Waals surface area contributed by atoms with Crippen LogP contribution in [0, 0.1) is 0 Å². The Bertz CT molecular complexity index is 253. The van der Waals surface area contributed by atoms with Gasteiger partial charge in [0.15, 0.2) is 11.6 Å². The van der Waals surface area contributed by atoms with Crippen molar-refractivity contribution < 1.29 is 19.8 Å². The molecule has 0 fully saturated rings. The van der Waals surface area contributed by atoms with Gasteiger partial charge in [0.1, 0.15) is 11.2 Å². The summed E-state index contributed by atoms with van der Waals surface area (Å²) in [6, 6.07) is 0. The molecule has 0 aliphatic carbocycles. The van der Waals surface area contributed by atoms with Gasteiger partial charge in [0.25, 0.3) is 0 Å². The number of Topliss-reactive ketones (excluding diaryl/α,β-unsaturated/α-hetero) is 2. The minimum Gasteiger partial charge on any atom is -0.382 e. The van der Waals surface area contributed by atoms with Crippen LogP contribution in [0.25, 0.3) is 0 Å². The van der Waals surface area contributed by atoms with E-state index in [-0.39, 0.29) is 24.4 Å². The highest BCUT2D eigenvalue weighted by Crippen LogP contribution is 2.18. The SMILES string of the molecule is CCC(C)(O)C(=O)CCC(C)(O)C(C)=O. The van der Waals surface area contributed by atoms with E-state index in [0.717, 1.165) is 0 Å². The summed E-state index contributed by atoms with van der Waals surface area (Å²) in [6.45, 7) is 5.81. The highest BCUT2D eigenvalue weighted by Gasteiger charge is 2.32. The van der Waals surface area contributed by atoms with Crippen molar-refractivity contribution >= 4 is 11.6 Å². The molecule has 2 unspecified atom stereocenters. The molecule has 2 N–H and O–H groups in total. The summed E-state index contributed by atoms with van der Waals surface area (Å²) < 4.78 is 0. The number of ketones is 2. The van der Waals surface area contributed by atoms with Gasteiger partial charge in [-0.25, -0.2) is 0 Å². The predicted molar refractivity (Wildman–Crippen MR) is 56.5 cm³/mol. The van der Waals surface area contributed by atoms with Crippen molar-refractivity contribution in [1.29, 1.82) is 0 Å². The van der Waals surface area contributed by atoms with Gasteiger partial charge in [0, 0.05) is 6.42 Å². The first kappa shape index (κ1) is 14.3. The molecule has 0 aromatic heterocycles. The zero-order valence-electron chi connectivity index (χ0n) is 9.83. The maximum Gasteiger partial charge on any atom is 0.164 e. The van der Waals surface area contributed by atoms with Gasteiger partial charge in [0.2, 0.25) is 0 Å². The van der Waals surface area contributed by atoms with Crippen molar-refractivity contribution in [2.45, 2.75) is 58.2 Å². The summed E-state index contributed by atoms with van der Waals surface area (Å²) in [7, 11) is 0. The van der Waals surface area contributed by atoms with Crippen LogP contribution in [0.4, 0.5) is 0 Å². The second-order valence-electron chi connectivity index (χ2n) is 4.38. The molecule has 0 aliphatic rings. The third-order valence-electron chi connectivity index (χ3n) is 2.89. The molecule has 88 valence electrons. The highest BCUT2D eigenvalue weighted by atomic mass is 16.3. The Balaban J connectivity index is 4.30. The van der Waals surface area contributed by atoms with E-state index >= 15 is 0 Å². The maximum absolute atomic E-state index is 11.5. The first-order valence-electron chi connectivity index (χ1n) is 5.12. The zero-order valence-corrected chi connectivity index (χ0v) is 9.83. The number of hydrogen-bond donors (Lipinski definition) is 2. The fraction of sp³-hybridized carbons (Fsp3) is 0.818. The van der Waals surface area contributed by atoms with E-state index in [2.05, 4.69) is 0 Å². The van der Waals surface area contributed by atoms with Gasteiger partial charge in [-0.1, -0.05) is 6.92 Å². The molecule has 15 heavy (non-hydrogen) atoms. The van der Waals surface area contributed by atoms with Crippen LogP contribution in [0.2, 0.25) is 0 Å². The molecule has 4 heteroatoms. The Hall–Kier alpha value is -0.740. The standard InChI is InChI=1S/C11H20O4/c1-5-10(3,14)9(13)6-7-11(4,15)8(2)12/h14-15H,5-7H2,1-4H3. The van der Waals surface area contributed by atoms with Crippen molar-refractivity contribution in [3.8, 4) is 0 Å². The summed E-state index contributed by atoms with van der Waals surface area (Å²) >= 11 is 0. The van der Waals surface area contributed by atoms with E-state index in [1.807, 2.05) is 0 Å². The number of hydrogen-bond acceptors (Lipinski definition) is 4. The molecule has 0 heterocycles. The van der Waals surface area contributed by atoms with Gasteiger partial charge < -0.3 is 10.2 Å². The van der Waals surface area contributed by atoms with Gasteiger partial charge in [-0.2, -0.15) is 0 Å². The first-order chi connectivity index (χ1) is 6.63. The van der Waals surface area contributed by atoms with Crippen LogP contribution in [0.15, 0.2) is 0 Å². The predicted octanol–water partition coefficient (Wildman–Crippen LogP) is 0.837. The lowest BCUT2D eigenvalue weighted by Crippen LogP contribution is -2.38. The first-order valence-corrected chi connectivity index (χ1v) is 5.12. The molecule has 0 radical (unpaired) electrons.